The van der Waals surface area contributed by atoms with Crippen LogP contribution in [0.1, 0.15) is 17.7 Å². The van der Waals surface area contributed by atoms with Gasteiger partial charge in [0.1, 0.15) is 5.75 Å². The van der Waals surface area contributed by atoms with Crippen LogP contribution in [0.15, 0.2) is 52.6 Å². The number of ether oxygens (including phenoxy) is 2. The lowest BCUT2D eigenvalue weighted by Gasteiger charge is -2.13. The Morgan fingerprint density at radius 1 is 1.13 bits per heavy atom. The summed E-state index contributed by atoms with van der Waals surface area (Å²) in [7, 11) is 0. The molecule has 0 radical (unpaired) electrons. The molecule has 0 atom stereocenters. The van der Waals surface area contributed by atoms with E-state index in [0.29, 0.717) is 22.2 Å². The number of thiazole rings is 1. The zero-order valence-electron chi connectivity index (χ0n) is 17.0. The number of anilines is 1. The first-order valence-electron chi connectivity index (χ1n) is 9.46. The van der Waals surface area contributed by atoms with Crippen LogP contribution in [0.25, 0.3) is 0 Å². The molecule has 3 rings (SSSR count). The van der Waals surface area contributed by atoms with Crippen LogP contribution in [0.4, 0.5) is 5.69 Å². The summed E-state index contributed by atoms with van der Waals surface area (Å²) in [6.07, 6.45) is -0.0102. The van der Waals surface area contributed by atoms with E-state index in [1.54, 1.807) is 30.5 Å². The molecular formula is C22H21ClN2O5S. The number of carbonyl (C=O) groups is 2. The second-order valence-corrected chi connectivity index (χ2v) is 8.07. The lowest BCUT2D eigenvalue weighted by molar-refractivity contribution is -0.147. The Hall–Kier alpha value is -3.10. The van der Waals surface area contributed by atoms with Crippen LogP contribution in [-0.4, -0.2) is 23.1 Å². The van der Waals surface area contributed by atoms with E-state index in [2.05, 4.69) is 5.32 Å². The average Bonchev–Trinajstić information content (AvgIpc) is 3.06. The van der Waals surface area contributed by atoms with Gasteiger partial charge in [0.25, 0.3) is 5.91 Å². The highest BCUT2D eigenvalue weighted by atomic mass is 35.5. The number of esters is 1. The van der Waals surface area contributed by atoms with Crippen LogP contribution in [-0.2, 0) is 20.9 Å². The number of nitrogens with zero attached hydrogens (tertiary/aromatic N) is 1. The molecule has 9 heteroatoms. The molecule has 0 saturated heterocycles. The van der Waals surface area contributed by atoms with Gasteiger partial charge in [0.2, 0.25) is 0 Å². The third-order valence-electron chi connectivity index (χ3n) is 4.34. The molecule has 7 nitrogen and oxygen atoms in total. The summed E-state index contributed by atoms with van der Waals surface area (Å²) in [5, 5.41) is 4.79. The van der Waals surface area contributed by atoms with Crippen molar-refractivity contribution in [1.82, 2.24) is 4.57 Å². The molecule has 0 unspecified atom stereocenters. The summed E-state index contributed by atoms with van der Waals surface area (Å²) in [6.45, 7) is 3.50. The lowest BCUT2D eigenvalue weighted by Crippen LogP contribution is -2.23. The van der Waals surface area contributed by atoms with Gasteiger partial charge in [-0.15, -0.1) is 0 Å². The number of amides is 1. The van der Waals surface area contributed by atoms with Gasteiger partial charge in [0, 0.05) is 22.6 Å². The molecule has 0 fully saturated rings. The summed E-state index contributed by atoms with van der Waals surface area (Å²) < 4.78 is 12.3. The van der Waals surface area contributed by atoms with Gasteiger partial charge in [-0.3, -0.25) is 14.4 Å². The van der Waals surface area contributed by atoms with Gasteiger partial charge in [0.15, 0.2) is 12.4 Å². The van der Waals surface area contributed by atoms with Crippen LogP contribution < -0.4 is 14.9 Å². The van der Waals surface area contributed by atoms with E-state index in [1.165, 1.54) is 4.57 Å². The first-order chi connectivity index (χ1) is 14.8. The Morgan fingerprint density at radius 2 is 1.87 bits per heavy atom. The number of carbonyl (C=O) groups excluding carboxylic acids is 2. The minimum absolute atomic E-state index is 0.0102. The molecule has 2 aromatic carbocycles. The molecule has 0 spiro atoms. The first-order valence-corrected chi connectivity index (χ1v) is 10.7. The molecule has 0 saturated carbocycles. The predicted molar refractivity (Wildman–Crippen MR) is 120 cm³/mol. The molecule has 0 bridgehead atoms. The van der Waals surface area contributed by atoms with Gasteiger partial charge in [-0.05, 0) is 44.2 Å². The zero-order chi connectivity index (χ0) is 22.4. The molecule has 0 aliphatic rings. The normalized spacial score (nSPS) is 10.5. The second kappa shape index (κ2) is 10.3. The Bertz CT molecular complexity index is 1140. The van der Waals surface area contributed by atoms with E-state index in [4.69, 9.17) is 21.1 Å². The van der Waals surface area contributed by atoms with Gasteiger partial charge in [-0.1, -0.05) is 40.6 Å². The zero-order valence-corrected chi connectivity index (χ0v) is 18.6. The van der Waals surface area contributed by atoms with Crippen molar-refractivity contribution in [3.8, 4) is 11.5 Å². The van der Waals surface area contributed by atoms with Crippen LogP contribution >= 0.6 is 22.9 Å². The van der Waals surface area contributed by atoms with Crippen LogP contribution in [0, 0.1) is 13.8 Å². The molecule has 0 aliphatic heterocycles. The number of rotatable bonds is 8. The highest BCUT2D eigenvalue weighted by Gasteiger charge is 2.13. The van der Waals surface area contributed by atoms with Gasteiger partial charge in [-0.2, -0.15) is 0 Å². The SMILES string of the molecule is Cc1ccc(Oc2ccc(Cl)cc2NC(=O)COC(=O)CCn2c(C)csc2=O)cc1. The average molecular weight is 461 g/mol. The first kappa shape index (κ1) is 22.6. The number of aryl methyl sites for hydroxylation is 2. The van der Waals surface area contributed by atoms with Crippen molar-refractivity contribution in [2.24, 2.45) is 0 Å². The summed E-state index contributed by atoms with van der Waals surface area (Å²) in [5.41, 5.74) is 2.23. The monoisotopic (exact) mass is 460 g/mol. The molecule has 162 valence electrons. The fourth-order valence-corrected chi connectivity index (χ4v) is 3.64. The smallest absolute Gasteiger partial charge is 0.308 e. The van der Waals surface area contributed by atoms with Crippen molar-refractivity contribution < 1.29 is 19.1 Å². The van der Waals surface area contributed by atoms with Crippen LogP contribution in [0.5, 0.6) is 11.5 Å². The maximum atomic E-state index is 12.3. The Morgan fingerprint density at radius 3 is 2.55 bits per heavy atom. The van der Waals surface area contributed by atoms with E-state index in [9.17, 15) is 14.4 Å². The quantitative estimate of drug-likeness (QED) is 0.498. The second-order valence-electron chi connectivity index (χ2n) is 6.81. The van der Waals surface area contributed by atoms with Gasteiger partial charge in [-0.25, -0.2) is 0 Å². The minimum atomic E-state index is -0.574. The number of benzene rings is 2. The third-order valence-corrected chi connectivity index (χ3v) is 5.46. The standard InChI is InChI=1S/C22H21ClN2O5S/c1-14-3-6-17(7-4-14)30-19-8-5-16(23)11-18(19)24-20(26)12-29-21(27)9-10-25-15(2)13-31-22(25)28/h3-8,11,13H,9-10,12H2,1-2H3,(H,24,26). The topological polar surface area (TPSA) is 86.6 Å². The van der Waals surface area contributed by atoms with Crippen molar-refractivity contribution in [1.29, 1.82) is 0 Å². The van der Waals surface area contributed by atoms with Crippen LogP contribution in [0.3, 0.4) is 0 Å². The molecular weight excluding hydrogens is 440 g/mol. The third kappa shape index (κ3) is 6.44. The summed E-state index contributed by atoms with van der Waals surface area (Å²) in [6, 6.07) is 12.3. The van der Waals surface area contributed by atoms with E-state index < -0.39 is 18.5 Å². The molecule has 1 amide bonds. The number of halogens is 1. The predicted octanol–water partition coefficient (Wildman–Crippen LogP) is 4.54. The molecule has 31 heavy (non-hydrogen) atoms. The fraction of sp³-hybridized carbons (Fsp3) is 0.227. The Kier molecular flexibility index (Phi) is 7.49. The largest absolute Gasteiger partial charge is 0.456 e. The van der Waals surface area contributed by atoms with E-state index in [0.717, 1.165) is 22.6 Å². The number of hydrogen-bond donors (Lipinski definition) is 1. The van der Waals surface area contributed by atoms with Crippen molar-refractivity contribution in [3.05, 3.63) is 73.8 Å². The molecule has 1 aromatic heterocycles. The maximum Gasteiger partial charge on any atom is 0.308 e. The highest BCUT2D eigenvalue weighted by molar-refractivity contribution is 7.07. The highest BCUT2D eigenvalue weighted by Crippen LogP contribution is 2.32. The Labute approximate surface area is 188 Å². The summed E-state index contributed by atoms with van der Waals surface area (Å²) >= 11 is 7.12. The lowest BCUT2D eigenvalue weighted by atomic mass is 10.2. The van der Waals surface area contributed by atoms with Gasteiger partial charge >= 0.3 is 10.8 Å². The van der Waals surface area contributed by atoms with Crippen molar-refractivity contribution >= 4 is 40.5 Å². The summed E-state index contributed by atoms with van der Waals surface area (Å²) in [4.78, 5) is 35.8. The maximum absolute atomic E-state index is 12.3. The van der Waals surface area contributed by atoms with Crippen LogP contribution in [0.2, 0.25) is 5.02 Å². The molecule has 1 N–H and O–H groups in total. The van der Waals surface area contributed by atoms with E-state index >= 15 is 0 Å². The Balaban J connectivity index is 1.56. The number of aromatic nitrogens is 1. The van der Waals surface area contributed by atoms with Crippen molar-refractivity contribution in [2.45, 2.75) is 26.8 Å². The van der Waals surface area contributed by atoms with Crippen molar-refractivity contribution in [2.75, 3.05) is 11.9 Å². The number of nitrogens with one attached hydrogen (secondary N) is 1. The van der Waals surface area contributed by atoms with E-state index in [-0.39, 0.29) is 17.8 Å². The van der Waals surface area contributed by atoms with Gasteiger partial charge < -0.3 is 19.4 Å². The van der Waals surface area contributed by atoms with Gasteiger partial charge in [0.05, 0.1) is 12.1 Å². The fourth-order valence-electron chi connectivity index (χ4n) is 2.70. The molecule has 3 aromatic rings. The molecule has 1 heterocycles. The number of hydrogen-bond acceptors (Lipinski definition) is 6. The van der Waals surface area contributed by atoms with Crippen molar-refractivity contribution in [3.63, 3.8) is 0 Å². The van der Waals surface area contributed by atoms with E-state index in [1.807, 2.05) is 31.2 Å². The minimum Gasteiger partial charge on any atom is -0.456 e. The summed E-state index contributed by atoms with van der Waals surface area (Å²) in [5.74, 6) is -0.0998. The molecule has 0 aliphatic carbocycles.